The van der Waals surface area contributed by atoms with E-state index in [-0.39, 0.29) is 12.1 Å². The van der Waals surface area contributed by atoms with Crippen LogP contribution in [0.2, 0.25) is 0 Å². The predicted octanol–water partition coefficient (Wildman–Crippen LogP) is 2.30. The molecular formula is C14H23N3S. The van der Waals surface area contributed by atoms with Crippen molar-refractivity contribution in [1.29, 1.82) is 0 Å². The minimum Gasteiger partial charge on any atom is -0.326 e. The van der Waals surface area contributed by atoms with E-state index in [4.69, 9.17) is 5.73 Å². The Morgan fingerprint density at radius 3 is 2.78 bits per heavy atom. The molecular weight excluding hydrogens is 242 g/mol. The maximum Gasteiger partial charge on any atom is 0.0671 e. The molecule has 0 amide bonds. The number of hydrogen-bond donors (Lipinski definition) is 1. The van der Waals surface area contributed by atoms with Gasteiger partial charge in [-0.05, 0) is 32.9 Å². The van der Waals surface area contributed by atoms with E-state index in [9.17, 15) is 0 Å². The normalized spacial score (nSPS) is 23.6. The molecule has 0 aliphatic carbocycles. The molecule has 2 heterocycles. The first kappa shape index (κ1) is 13.8. The molecule has 0 spiro atoms. The van der Waals surface area contributed by atoms with Gasteiger partial charge in [-0.3, -0.25) is 9.88 Å². The van der Waals surface area contributed by atoms with Crippen LogP contribution in [0.1, 0.15) is 32.5 Å². The standard InChI is InChI=1S/C14H23N3S/c1-11(15)13(12-6-4-5-7-16-12)17-8-9-18-14(2,3)10-17/h4-7,11,13H,8-10,15H2,1-3H3. The Hall–Kier alpha value is -0.580. The van der Waals surface area contributed by atoms with Crippen molar-refractivity contribution < 1.29 is 0 Å². The maximum absolute atomic E-state index is 6.20. The van der Waals surface area contributed by atoms with Gasteiger partial charge in [0.2, 0.25) is 0 Å². The molecule has 0 aromatic carbocycles. The maximum atomic E-state index is 6.20. The molecule has 2 atom stereocenters. The van der Waals surface area contributed by atoms with Gasteiger partial charge in [0.1, 0.15) is 0 Å². The Bertz CT molecular complexity index is 378. The summed E-state index contributed by atoms with van der Waals surface area (Å²) in [7, 11) is 0. The average molecular weight is 265 g/mol. The third kappa shape index (κ3) is 3.25. The highest BCUT2D eigenvalue weighted by Crippen LogP contribution is 2.34. The van der Waals surface area contributed by atoms with Gasteiger partial charge in [0, 0.05) is 35.8 Å². The SMILES string of the molecule is CC(N)C(c1ccccn1)N1CCSC(C)(C)C1. The van der Waals surface area contributed by atoms with Gasteiger partial charge in [0.25, 0.3) is 0 Å². The Labute approximate surface area is 114 Å². The minimum absolute atomic E-state index is 0.0961. The summed E-state index contributed by atoms with van der Waals surface area (Å²) < 4.78 is 0.306. The molecule has 4 heteroatoms. The van der Waals surface area contributed by atoms with E-state index in [1.54, 1.807) is 0 Å². The number of thioether (sulfide) groups is 1. The van der Waals surface area contributed by atoms with E-state index in [1.807, 2.05) is 30.1 Å². The van der Waals surface area contributed by atoms with Crippen molar-refractivity contribution in [3.63, 3.8) is 0 Å². The summed E-state index contributed by atoms with van der Waals surface area (Å²) >= 11 is 2.05. The summed E-state index contributed by atoms with van der Waals surface area (Å²) in [6, 6.07) is 6.41. The highest BCUT2D eigenvalue weighted by Gasteiger charge is 2.33. The number of rotatable bonds is 3. The van der Waals surface area contributed by atoms with Crippen molar-refractivity contribution in [3.8, 4) is 0 Å². The molecule has 0 radical (unpaired) electrons. The van der Waals surface area contributed by atoms with Crippen LogP contribution in [0.3, 0.4) is 0 Å². The third-order valence-corrected chi connectivity index (χ3v) is 4.63. The van der Waals surface area contributed by atoms with Crippen LogP contribution in [0.5, 0.6) is 0 Å². The molecule has 1 aromatic heterocycles. The lowest BCUT2D eigenvalue weighted by Gasteiger charge is -2.42. The smallest absolute Gasteiger partial charge is 0.0671 e. The quantitative estimate of drug-likeness (QED) is 0.910. The zero-order valence-corrected chi connectivity index (χ0v) is 12.3. The van der Waals surface area contributed by atoms with Crippen LogP contribution in [0, 0.1) is 0 Å². The van der Waals surface area contributed by atoms with Gasteiger partial charge in [0.15, 0.2) is 0 Å². The van der Waals surface area contributed by atoms with Crippen LogP contribution in [0.15, 0.2) is 24.4 Å². The Balaban J connectivity index is 2.21. The van der Waals surface area contributed by atoms with Crippen molar-refractivity contribution in [2.24, 2.45) is 5.73 Å². The van der Waals surface area contributed by atoms with Crippen molar-refractivity contribution in [1.82, 2.24) is 9.88 Å². The van der Waals surface area contributed by atoms with Crippen molar-refractivity contribution in [3.05, 3.63) is 30.1 Å². The first-order valence-corrected chi connectivity index (χ1v) is 7.53. The fourth-order valence-corrected chi connectivity index (χ4v) is 3.77. The molecule has 2 rings (SSSR count). The molecule has 2 unspecified atom stereocenters. The second kappa shape index (κ2) is 5.59. The number of pyridine rings is 1. The second-order valence-corrected chi connectivity index (χ2v) is 7.44. The molecule has 3 nitrogen and oxygen atoms in total. The summed E-state index contributed by atoms with van der Waals surface area (Å²) in [5, 5.41) is 0. The van der Waals surface area contributed by atoms with Crippen LogP contribution >= 0.6 is 11.8 Å². The summed E-state index contributed by atoms with van der Waals surface area (Å²) in [5.74, 6) is 1.17. The molecule has 1 fully saturated rings. The van der Waals surface area contributed by atoms with E-state index >= 15 is 0 Å². The Morgan fingerprint density at radius 2 is 2.22 bits per heavy atom. The van der Waals surface area contributed by atoms with Crippen LogP contribution in [-0.4, -0.2) is 39.5 Å². The fourth-order valence-electron chi connectivity index (χ4n) is 2.63. The second-order valence-electron chi connectivity index (χ2n) is 5.64. The van der Waals surface area contributed by atoms with E-state index < -0.39 is 0 Å². The lowest BCUT2D eigenvalue weighted by atomic mass is 10.0. The van der Waals surface area contributed by atoms with Crippen molar-refractivity contribution in [2.75, 3.05) is 18.8 Å². The van der Waals surface area contributed by atoms with E-state index in [0.29, 0.717) is 4.75 Å². The molecule has 0 saturated carbocycles. The van der Waals surface area contributed by atoms with Gasteiger partial charge in [0.05, 0.1) is 11.7 Å². The van der Waals surface area contributed by atoms with E-state index in [2.05, 4.69) is 36.7 Å². The topological polar surface area (TPSA) is 42.1 Å². The number of hydrogen-bond acceptors (Lipinski definition) is 4. The van der Waals surface area contributed by atoms with Gasteiger partial charge in [-0.2, -0.15) is 11.8 Å². The minimum atomic E-state index is 0.0961. The molecule has 18 heavy (non-hydrogen) atoms. The van der Waals surface area contributed by atoms with Crippen molar-refractivity contribution in [2.45, 2.75) is 37.6 Å². The van der Waals surface area contributed by atoms with Crippen LogP contribution in [0.25, 0.3) is 0 Å². The third-order valence-electron chi connectivity index (χ3n) is 3.34. The first-order valence-electron chi connectivity index (χ1n) is 6.54. The predicted molar refractivity (Wildman–Crippen MR) is 78.7 cm³/mol. The Morgan fingerprint density at radius 1 is 1.44 bits per heavy atom. The van der Waals surface area contributed by atoms with E-state index in [0.717, 1.165) is 18.8 Å². The number of nitrogens with zero attached hydrogens (tertiary/aromatic N) is 2. The fraction of sp³-hybridized carbons (Fsp3) is 0.643. The molecule has 100 valence electrons. The molecule has 1 aliphatic rings. The lowest BCUT2D eigenvalue weighted by Crippen LogP contribution is -2.49. The van der Waals surface area contributed by atoms with Gasteiger partial charge in [-0.15, -0.1) is 0 Å². The molecule has 2 N–H and O–H groups in total. The van der Waals surface area contributed by atoms with Gasteiger partial charge < -0.3 is 5.73 Å². The summed E-state index contributed by atoms with van der Waals surface area (Å²) in [5.41, 5.74) is 7.29. The monoisotopic (exact) mass is 265 g/mol. The number of nitrogens with two attached hydrogens (primary N) is 1. The van der Waals surface area contributed by atoms with Crippen LogP contribution < -0.4 is 5.73 Å². The highest BCUT2D eigenvalue weighted by molar-refractivity contribution is 8.00. The number of aromatic nitrogens is 1. The van der Waals surface area contributed by atoms with E-state index in [1.165, 1.54) is 5.75 Å². The molecule has 1 aliphatic heterocycles. The Kier molecular flexibility index (Phi) is 4.30. The summed E-state index contributed by atoms with van der Waals surface area (Å²) in [4.78, 5) is 6.98. The van der Waals surface area contributed by atoms with Gasteiger partial charge in [-0.25, -0.2) is 0 Å². The largest absolute Gasteiger partial charge is 0.326 e. The lowest BCUT2D eigenvalue weighted by molar-refractivity contribution is 0.165. The van der Waals surface area contributed by atoms with Crippen LogP contribution in [0.4, 0.5) is 0 Å². The highest BCUT2D eigenvalue weighted by atomic mass is 32.2. The van der Waals surface area contributed by atoms with Gasteiger partial charge in [-0.1, -0.05) is 6.07 Å². The zero-order chi connectivity index (χ0) is 13.2. The zero-order valence-electron chi connectivity index (χ0n) is 11.5. The first-order chi connectivity index (χ1) is 8.49. The average Bonchev–Trinajstić information content (AvgIpc) is 2.28. The molecule has 0 bridgehead atoms. The van der Waals surface area contributed by atoms with Crippen LogP contribution in [-0.2, 0) is 0 Å². The summed E-state index contributed by atoms with van der Waals surface area (Å²) in [6.07, 6.45) is 1.86. The molecule has 1 saturated heterocycles. The summed E-state index contributed by atoms with van der Waals surface area (Å²) in [6.45, 7) is 8.85. The van der Waals surface area contributed by atoms with Crippen molar-refractivity contribution >= 4 is 11.8 Å². The van der Waals surface area contributed by atoms with Gasteiger partial charge >= 0.3 is 0 Å². The molecule has 1 aromatic rings.